The number of rotatable bonds is 1. The van der Waals surface area contributed by atoms with Crippen molar-refractivity contribution in [3.63, 3.8) is 0 Å². The summed E-state index contributed by atoms with van der Waals surface area (Å²) in [7, 11) is 0. The summed E-state index contributed by atoms with van der Waals surface area (Å²) in [6.45, 7) is 1.89. The molecule has 0 saturated heterocycles. The molecule has 0 spiro atoms. The van der Waals surface area contributed by atoms with Crippen LogP contribution in [-0.2, 0) is 0 Å². The highest BCUT2D eigenvalue weighted by Crippen LogP contribution is 2.23. The van der Waals surface area contributed by atoms with Gasteiger partial charge < -0.3 is 4.42 Å². The van der Waals surface area contributed by atoms with Crippen LogP contribution in [-0.4, -0.2) is 4.37 Å². The lowest BCUT2D eigenvalue weighted by molar-refractivity contribution is 0.542. The maximum atomic E-state index is 10.8. The second kappa shape index (κ2) is 3.55. The van der Waals surface area contributed by atoms with E-state index in [0.717, 1.165) is 22.7 Å². The molecule has 1 heterocycles. The van der Waals surface area contributed by atoms with E-state index < -0.39 is 4.94 Å². The Labute approximate surface area is 89.1 Å². The predicted molar refractivity (Wildman–Crippen MR) is 55.8 cm³/mol. The van der Waals surface area contributed by atoms with Gasteiger partial charge in [-0.2, -0.15) is 0 Å². The van der Waals surface area contributed by atoms with Gasteiger partial charge in [-0.25, -0.2) is 4.79 Å². The van der Waals surface area contributed by atoms with E-state index in [0.29, 0.717) is 10.9 Å². The molecule has 72 valence electrons. The van der Waals surface area contributed by atoms with Crippen LogP contribution in [0.25, 0.3) is 11.5 Å². The molecule has 2 rings (SSSR count). The van der Waals surface area contributed by atoms with Gasteiger partial charge in [0.1, 0.15) is 0 Å². The van der Waals surface area contributed by atoms with Crippen LogP contribution in [0, 0.1) is 6.92 Å². The molecule has 0 bridgehead atoms. The van der Waals surface area contributed by atoms with Gasteiger partial charge >= 0.3 is 4.94 Å². The van der Waals surface area contributed by atoms with Crippen LogP contribution in [0.15, 0.2) is 27.4 Å². The van der Waals surface area contributed by atoms with E-state index >= 15 is 0 Å². The first-order valence-corrected chi connectivity index (χ1v) is 5.05. The van der Waals surface area contributed by atoms with Gasteiger partial charge in [-0.1, -0.05) is 11.6 Å². The zero-order valence-electron chi connectivity index (χ0n) is 7.28. The number of aromatic nitrogens is 1. The van der Waals surface area contributed by atoms with Crippen molar-refractivity contribution in [3.05, 3.63) is 38.5 Å². The smallest absolute Gasteiger partial charge is 0.394 e. The number of benzene rings is 1. The van der Waals surface area contributed by atoms with Crippen molar-refractivity contribution in [2.45, 2.75) is 6.92 Å². The molecule has 0 atom stereocenters. The summed E-state index contributed by atoms with van der Waals surface area (Å²) >= 11 is 6.61. The SMILES string of the molecule is Cc1cc(Cl)ccc1-c1nsc(=O)o1. The normalized spacial score (nSPS) is 10.4. The van der Waals surface area contributed by atoms with Crippen LogP contribution in [0.3, 0.4) is 0 Å². The number of hydrogen-bond donors (Lipinski definition) is 0. The molecule has 5 heteroatoms. The van der Waals surface area contributed by atoms with Crippen LogP contribution in [0.5, 0.6) is 0 Å². The standard InChI is InChI=1S/C9H6ClNO2S/c1-5-4-6(10)2-3-7(5)8-11-14-9(12)13-8/h2-4H,1H3. The Hall–Kier alpha value is -1.13. The topological polar surface area (TPSA) is 43.1 Å². The van der Waals surface area contributed by atoms with E-state index in [-0.39, 0.29) is 0 Å². The average molecular weight is 228 g/mol. The third kappa shape index (κ3) is 1.71. The third-order valence-electron chi connectivity index (χ3n) is 1.80. The number of nitrogens with zero attached hydrogens (tertiary/aromatic N) is 1. The van der Waals surface area contributed by atoms with E-state index in [2.05, 4.69) is 4.37 Å². The van der Waals surface area contributed by atoms with E-state index in [1.165, 1.54) is 0 Å². The molecule has 1 aromatic heterocycles. The second-order valence-corrected chi connectivity index (χ2v) is 3.93. The fraction of sp³-hybridized carbons (Fsp3) is 0.111. The minimum Gasteiger partial charge on any atom is -0.394 e. The Kier molecular flexibility index (Phi) is 2.39. The summed E-state index contributed by atoms with van der Waals surface area (Å²) in [4.78, 5) is 10.4. The first-order valence-electron chi connectivity index (χ1n) is 3.90. The van der Waals surface area contributed by atoms with Crippen molar-refractivity contribution in [1.29, 1.82) is 0 Å². The van der Waals surface area contributed by atoms with Crippen LogP contribution in [0.1, 0.15) is 5.56 Å². The maximum Gasteiger partial charge on any atom is 0.414 e. The molecule has 0 aliphatic rings. The highest BCUT2D eigenvalue weighted by atomic mass is 35.5. The minimum absolute atomic E-state index is 0.356. The Bertz CT molecular complexity index is 518. The summed E-state index contributed by atoms with van der Waals surface area (Å²) in [6.07, 6.45) is 0. The summed E-state index contributed by atoms with van der Waals surface area (Å²) in [5.74, 6) is 0.356. The Morgan fingerprint density at radius 2 is 2.29 bits per heavy atom. The maximum absolute atomic E-state index is 10.8. The predicted octanol–water partition coefficient (Wildman–Crippen LogP) is 2.73. The Morgan fingerprint density at radius 1 is 1.50 bits per heavy atom. The summed E-state index contributed by atoms with van der Waals surface area (Å²) in [5, 5.41) is 0.656. The van der Waals surface area contributed by atoms with E-state index in [4.69, 9.17) is 16.0 Å². The molecule has 3 nitrogen and oxygen atoms in total. The zero-order valence-corrected chi connectivity index (χ0v) is 8.85. The van der Waals surface area contributed by atoms with Crippen LogP contribution >= 0.6 is 23.1 Å². The molecule has 1 aromatic carbocycles. The van der Waals surface area contributed by atoms with Crippen LogP contribution in [0.2, 0.25) is 5.02 Å². The van der Waals surface area contributed by atoms with Crippen molar-refractivity contribution >= 4 is 23.1 Å². The van der Waals surface area contributed by atoms with Crippen molar-refractivity contribution in [1.82, 2.24) is 4.37 Å². The minimum atomic E-state index is -0.394. The van der Waals surface area contributed by atoms with Gasteiger partial charge in [0.15, 0.2) is 0 Å². The van der Waals surface area contributed by atoms with Crippen molar-refractivity contribution in [3.8, 4) is 11.5 Å². The zero-order chi connectivity index (χ0) is 10.1. The van der Waals surface area contributed by atoms with Gasteiger partial charge in [-0.3, -0.25) is 0 Å². The van der Waals surface area contributed by atoms with Gasteiger partial charge in [0.2, 0.25) is 5.89 Å². The third-order valence-corrected chi connectivity index (χ3v) is 2.53. The highest BCUT2D eigenvalue weighted by molar-refractivity contribution is 7.02. The lowest BCUT2D eigenvalue weighted by Gasteiger charge is -1.99. The molecule has 0 radical (unpaired) electrons. The molecule has 0 fully saturated rings. The van der Waals surface area contributed by atoms with Crippen molar-refractivity contribution < 1.29 is 4.42 Å². The summed E-state index contributed by atoms with van der Waals surface area (Å²) in [6, 6.07) is 5.33. The first-order chi connectivity index (χ1) is 6.66. The van der Waals surface area contributed by atoms with Crippen LogP contribution < -0.4 is 4.94 Å². The molecule has 0 aliphatic carbocycles. The average Bonchev–Trinajstić information content (AvgIpc) is 2.51. The lowest BCUT2D eigenvalue weighted by atomic mass is 10.1. The van der Waals surface area contributed by atoms with Crippen molar-refractivity contribution in [2.75, 3.05) is 0 Å². The largest absolute Gasteiger partial charge is 0.414 e. The quantitative estimate of drug-likeness (QED) is 0.752. The van der Waals surface area contributed by atoms with E-state index in [1.807, 2.05) is 6.92 Å². The molecular formula is C9H6ClNO2S. The first kappa shape index (κ1) is 9.43. The van der Waals surface area contributed by atoms with Gasteiger partial charge in [-0.05, 0) is 30.7 Å². The van der Waals surface area contributed by atoms with Gasteiger partial charge in [0.05, 0.1) is 11.5 Å². The molecular weight excluding hydrogens is 222 g/mol. The molecule has 0 amide bonds. The Balaban J connectivity index is 2.57. The highest BCUT2D eigenvalue weighted by Gasteiger charge is 2.08. The molecule has 0 saturated carbocycles. The fourth-order valence-corrected chi connectivity index (χ4v) is 1.80. The van der Waals surface area contributed by atoms with Crippen molar-refractivity contribution in [2.24, 2.45) is 0 Å². The number of hydrogen-bond acceptors (Lipinski definition) is 4. The molecule has 14 heavy (non-hydrogen) atoms. The Morgan fingerprint density at radius 3 is 2.86 bits per heavy atom. The summed E-state index contributed by atoms with van der Waals surface area (Å²) < 4.78 is 8.79. The van der Waals surface area contributed by atoms with Crippen LogP contribution in [0.4, 0.5) is 0 Å². The lowest BCUT2D eigenvalue weighted by Crippen LogP contribution is -1.85. The molecule has 0 N–H and O–H groups in total. The van der Waals surface area contributed by atoms with Gasteiger partial charge in [0, 0.05) is 10.6 Å². The van der Waals surface area contributed by atoms with E-state index in [1.54, 1.807) is 18.2 Å². The number of halogens is 1. The fourth-order valence-electron chi connectivity index (χ4n) is 1.17. The monoisotopic (exact) mass is 227 g/mol. The number of aryl methyl sites for hydroxylation is 1. The van der Waals surface area contributed by atoms with E-state index in [9.17, 15) is 4.79 Å². The van der Waals surface area contributed by atoms with Gasteiger partial charge in [0.25, 0.3) is 0 Å². The summed E-state index contributed by atoms with van der Waals surface area (Å²) in [5.41, 5.74) is 1.74. The van der Waals surface area contributed by atoms with Gasteiger partial charge in [-0.15, -0.1) is 4.37 Å². The molecule has 0 aliphatic heterocycles. The molecule has 0 unspecified atom stereocenters. The molecule has 2 aromatic rings. The second-order valence-electron chi connectivity index (χ2n) is 2.80.